The highest BCUT2D eigenvalue weighted by Gasteiger charge is 2.00. The molecule has 8 heavy (non-hydrogen) atoms. The summed E-state index contributed by atoms with van der Waals surface area (Å²) >= 11 is 0. The lowest BCUT2D eigenvalue weighted by Gasteiger charge is -2.11. The molecule has 1 atom stereocenters. The van der Waals surface area contributed by atoms with E-state index in [9.17, 15) is 0 Å². The lowest BCUT2D eigenvalue weighted by molar-refractivity contribution is -0.0899. The summed E-state index contributed by atoms with van der Waals surface area (Å²) in [5, 5.41) is 0. The Morgan fingerprint density at radius 2 is 2.12 bits per heavy atom. The van der Waals surface area contributed by atoms with Crippen LogP contribution in [0.4, 0.5) is 0 Å². The highest BCUT2D eigenvalue weighted by Crippen LogP contribution is 1.87. The van der Waals surface area contributed by atoms with Crippen LogP contribution in [0.25, 0.3) is 0 Å². The van der Waals surface area contributed by atoms with E-state index in [0.717, 1.165) is 0 Å². The molecule has 0 aromatic heterocycles. The van der Waals surface area contributed by atoms with Gasteiger partial charge in [-0.3, -0.25) is 0 Å². The molecule has 0 N–H and O–H groups in total. The Morgan fingerprint density at radius 1 is 1.50 bits per heavy atom. The molecule has 0 rings (SSSR count). The van der Waals surface area contributed by atoms with Gasteiger partial charge in [0.2, 0.25) is 0 Å². The van der Waals surface area contributed by atoms with Crippen LogP contribution in [0.5, 0.6) is 0 Å². The van der Waals surface area contributed by atoms with Crippen molar-refractivity contribution in [3.8, 4) is 0 Å². The fourth-order valence-corrected chi connectivity index (χ4v) is 0.553. The van der Waals surface area contributed by atoms with Gasteiger partial charge in [-0.25, -0.2) is 0 Å². The van der Waals surface area contributed by atoms with Crippen molar-refractivity contribution in [2.45, 2.75) is 6.29 Å². The lowest BCUT2D eigenvalue weighted by atomic mass is 10.7. The Labute approximate surface area is 52.5 Å². The van der Waals surface area contributed by atoms with Gasteiger partial charge in [0.15, 0.2) is 16.8 Å². The minimum absolute atomic E-state index is 0.210. The summed E-state index contributed by atoms with van der Waals surface area (Å²) in [6.45, 7) is 0.486. The first kappa shape index (κ1) is 8.10. The maximum atomic E-state index is 4.82. The molecule has 0 aromatic rings. The van der Waals surface area contributed by atoms with E-state index in [2.05, 4.69) is 0 Å². The van der Waals surface area contributed by atoms with Crippen LogP contribution >= 0.6 is 0 Å². The Kier molecular flexibility index (Phi) is 5.30. The van der Waals surface area contributed by atoms with Crippen molar-refractivity contribution in [3.63, 3.8) is 0 Å². The third kappa shape index (κ3) is 3.14. The molecule has 3 nitrogen and oxygen atoms in total. The predicted octanol–water partition coefficient (Wildman–Crippen LogP) is -0.830. The first-order chi connectivity index (χ1) is 3.85. The average Bonchev–Trinajstić information content (AvgIpc) is 1.83. The zero-order chi connectivity index (χ0) is 6.41. The zero-order valence-electron chi connectivity index (χ0n) is 5.22. The number of hydrogen-bond donors (Lipinski definition) is 0. The van der Waals surface area contributed by atoms with E-state index in [1.165, 1.54) is 10.5 Å². The Hall–Kier alpha value is 0.0969. The van der Waals surface area contributed by atoms with E-state index in [1.807, 2.05) is 0 Å². The van der Waals surface area contributed by atoms with Crippen molar-refractivity contribution in [1.29, 1.82) is 0 Å². The number of methoxy groups -OCH3 is 2. The monoisotopic (exact) mass is 135 g/mol. The standard InChI is InChI=1S/C4H11O3Si/c1-5-3-4(6-2)7-8/h4H,3,8H2,1-2H3. The van der Waals surface area contributed by atoms with Gasteiger partial charge in [-0.2, -0.15) is 0 Å². The van der Waals surface area contributed by atoms with Crippen LogP contribution in [0.15, 0.2) is 0 Å². The molecular weight excluding hydrogens is 124 g/mol. The Balaban J connectivity index is 3.07. The van der Waals surface area contributed by atoms with Crippen LogP contribution in [0.1, 0.15) is 0 Å². The van der Waals surface area contributed by atoms with E-state index in [0.29, 0.717) is 6.61 Å². The van der Waals surface area contributed by atoms with Gasteiger partial charge < -0.3 is 13.9 Å². The van der Waals surface area contributed by atoms with Crippen molar-refractivity contribution in [1.82, 2.24) is 0 Å². The summed E-state index contributed by atoms with van der Waals surface area (Å²) in [7, 11) is 4.59. The lowest BCUT2D eigenvalue weighted by Crippen LogP contribution is -2.19. The molecule has 0 amide bonds. The second-order valence-electron chi connectivity index (χ2n) is 1.29. The van der Waals surface area contributed by atoms with Gasteiger partial charge in [0.1, 0.15) is 0 Å². The van der Waals surface area contributed by atoms with E-state index < -0.39 is 0 Å². The van der Waals surface area contributed by atoms with E-state index >= 15 is 0 Å². The van der Waals surface area contributed by atoms with Gasteiger partial charge in [-0.1, -0.05) is 0 Å². The van der Waals surface area contributed by atoms with Crippen LogP contribution in [0, 0.1) is 0 Å². The topological polar surface area (TPSA) is 27.7 Å². The number of hydrogen-bond acceptors (Lipinski definition) is 3. The molecule has 49 valence electrons. The molecule has 0 saturated carbocycles. The van der Waals surface area contributed by atoms with Gasteiger partial charge in [0.25, 0.3) is 0 Å². The maximum absolute atomic E-state index is 4.82. The summed E-state index contributed by atoms with van der Waals surface area (Å²) in [5.41, 5.74) is 0. The molecule has 4 heteroatoms. The van der Waals surface area contributed by atoms with E-state index in [4.69, 9.17) is 13.9 Å². The normalized spacial score (nSPS) is 13.9. The molecule has 0 aliphatic rings. The summed E-state index contributed by atoms with van der Waals surface area (Å²) in [5.74, 6) is 0. The third-order valence-corrected chi connectivity index (χ3v) is 1.12. The average molecular weight is 135 g/mol. The molecule has 0 spiro atoms. The fourth-order valence-electron chi connectivity index (χ4n) is 0.320. The fraction of sp³-hybridized carbons (Fsp3) is 1.00. The van der Waals surface area contributed by atoms with Crippen molar-refractivity contribution in [3.05, 3.63) is 0 Å². The van der Waals surface area contributed by atoms with Gasteiger partial charge in [-0.05, 0) is 0 Å². The first-order valence-corrected chi connectivity index (χ1v) is 2.85. The van der Waals surface area contributed by atoms with Gasteiger partial charge in [0.05, 0.1) is 6.61 Å². The Morgan fingerprint density at radius 3 is 2.25 bits per heavy atom. The molecule has 0 bridgehead atoms. The highest BCUT2D eigenvalue weighted by molar-refractivity contribution is 5.98. The predicted molar refractivity (Wildman–Crippen MR) is 32.3 cm³/mol. The molecule has 0 aromatic carbocycles. The summed E-state index contributed by atoms with van der Waals surface area (Å²) in [6.07, 6.45) is -0.210. The summed E-state index contributed by atoms with van der Waals surface area (Å²) in [4.78, 5) is 0. The van der Waals surface area contributed by atoms with Crippen LogP contribution in [0.2, 0.25) is 0 Å². The van der Waals surface area contributed by atoms with Gasteiger partial charge >= 0.3 is 0 Å². The molecule has 1 radical (unpaired) electrons. The SMILES string of the molecule is COCC(OC)O[SiH2]. The van der Waals surface area contributed by atoms with Crippen LogP contribution in [-0.4, -0.2) is 37.6 Å². The second kappa shape index (κ2) is 5.24. The highest BCUT2D eigenvalue weighted by atomic mass is 28.2. The molecule has 0 heterocycles. The molecule has 0 aliphatic carbocycles. The second-order valence-corrected chi connectivity index (χ2v) is 1.62. The van der Waals surface area contributed by atoms with Gasteiger partial charge in [0, 0.05) is 14.2 Å². The molecule has 0 saturated heterocycles. The van der Waals surface area contributed by atoms with E-state index in [-0.39, 0.29) is 6.29 Å². The van der Waals surface area contributed by atoms with Crippen molar-refractivity contribution >= 4 is 10.5 Å². The molecule has 1 unspecified atom stereocenters. The van der Waals surface area contributed by atoms with Gasteiger partial charge in [-0.15, -0.1) is 0 Å². The van der Waals surface area contributed by atoms with E-state index in [1.54, 1.807) is 14.2 Å². The minimum atomic E-state index is -0.210. The smallest absolute Gasteiger partial charge is 0.178 e. The molecular formula is C4H11O3Si. The first-order valence-electron chi connectivity index (χ1n) is 2.27. The van der Waals surface area contributed by atoms with Crippen molar-refractivity contribution in [2.24, 2.45) is 0 Å². The van der Waals surface area contributed by atoms with Crippen molar-refractivity contribution in [2.75, 3.05) is 20.8 Å². The molecule has 0 aliphatic heterocycles. The Bertz CT molecular complexity index is 46.5. The van der Waals surface area contributed by atoms with Crippen molar-refractivity contribution < 1.29 is 13.9 Å². The summed E-state index contributed by atoms with van der Waals surface area (Å²) < 4.78 is 14.4. The maximum Gasteiger partial charge on any atom is 0.178 e. The zero-order valence-corrected chi connectivity index (χ0v) is 6.63. The quantitative estimate of drug-likeness (QED) is 0.372. The number of ether oxygens (including phenoxy) is 2. The minimum Gasteiger partial charge on any atom is -0.399 e. The summed E-state index contributed by atoms with van der Waals surface area (Å²) in [6, 6.07) is 0. The van der Waals surface area contributed by atoms with Crippen LogP contribution in [0.3, 0.4) is 0 Å². The largest absolute Gasteiger partial charge is 0.399 e. The number of rotatable bonds is 4. The van der Waals surface area contributed by atoms with Crippen LogP contribution in [-0.2, 0) is 13.9 Å². The molecule has 0 fully saturated rings. The third-order valence-electron chi connectivity index (χ3n) is 0.752. The van der Waals surface area contributed by atoms with Crippen LogP contribution < -0.4 is 0 Å².